The van der Waals surface area contributed by atoms with Gasteiger partial charge in [-0.25, -0.2) is 8.42 Å². The van der Waals surface area contributed by atoms with Gasteiger partial charge >= 0.3 is 0 Å². The van der Waals surface area contributed by atoms with Crippen LogP contribution in [0.2, 0.25) is 0 Å². The number of carbonyl (C=O) groups excluding carboxylic acids is 1. The van der Waals surface area contributed by atoms with Crippen LogP contribution < -0.4 is 5.32 Å². The van der Waals surface area contributed by atoms with Crippen LogP contribution in [-0.2, 0) is 16.3 Å². The minimum atomic E-state index is -3.44. The average molecular weight is 410 g/mol. The van der Waals surface area contributed by atoms with Crippen molar-refractivity contribution in [2.45, 2.75) is 31.2 Å². The van der Waals surface area contributed by atoms with Gasteiger partial charge in [-0.2, -0.15) is 0 Å². The van der Waals surface area contributed by atoms with Gasteiger partial charge in [0.15, 0.2) is 9.84 Å². The van der Waals surface area contributed by atoms with Crippen molar-refractivity contribution in [3.8, 4) is 0 Å². The lowest BCUT2D eigenvalue weighted by Gasteiger charge is -2.16. The van der Waals surface area contributed by atoms with E-state index in [2.05, 4.69) is 21.2 Å². The van der Waals surface area contributed by atoms with Gasteiger partial charge in [-0.3, -0.25) is 4.79 Å². The van der Waals surface area contributed by atoms with Crippen molar-refractivity contribution in [2.24, 2.45) is 0 Å². The van der Waals surface area contributed by atoms with Crippen molar-refractivity contribution in [3.05, 3.63) is 64.1 Å². The summed E-state index contributed by atoms with van der Waals surface area (Å²) in [7, 11) is -3.44. The Morgan fingerprint density at radius 2 is 1.75 bits per heavy atom. The van der Waals surface area contributed by atoms with Crippen LogP contribution >= 0.6 is 15.9 Å². The van der Waals surface area contributed by atoms with E-state index in [9.17, 15) is 13.2 Å². The minimum absolute atomic E-state index is 0.0360. The molecule has 2 aromatic rings. The first-order valence-corrected chi connectivity index (χ1v) is 10.1. The molecule has 0 saturated carbocycles. The summed E-state index contributed by atoms with van der Waals surface area (Å²) < 4.78 is 25.3. The SMILES string of the molecule is CCS(=O)(=O)c1ccccc1C(=O)NC(C)Cc1ccc(Br)cc1. The third kappa shape index (κ3) is 4.68. The summed E-state index contributed by atoms with van der Waals surface area (Å²) in [5.74, 6) is -0.404. The van der Waals surface area contributed by atoms with Gasteiger partial charge in [0.1, 0.15) is 0 Å². The van der Waals surface area contributed by atoms with Crippen molar-refractivity contribution in [1.82, 2.24) is 5.32 Å². The molecule has 24 heavy (non-hydrogen) atoms. The number of amides is 1. The maximum absolute atomic E-state index is 12.5. The second-order valence-corrected chi connectivity index (χ2v) is 8.77. The van der Waals surface area contributed by atoms with Crippen molar-refractivity contribution in [3.63, 3.8) is 0 Å². The molecule has 2 rings (SSSR count). The van der Waals surface area contributed by atoms with Crippen molar-refractivity contribution < 1.29 is 13.2 Å². The van der Waals surface area contributed by atoms with E-state index in [4.69, 9.17) is 0 Å². The van der Waals surface area contributed by atoms with E-state index >= 15 is 0 Å². The molecule has 0 saturated heterocycles. The van der Waals surface area contributed by atoms with Gasteiger partial charge in [-0.05, 0) is 43.2 Å². The Bertz CT molecular complexity index is 816. The zero-order valence-electron chi connectivity index (χ0n) is 13.6. The number of sulfone groups is 1. The monoisotopic (exact) mass is 409 g/mol. The molecule has 0 fully saturated rings. The summed E-state index contributed by atoms with van der Waals surface area (Å²) in [6, 6.07) is 14.1. The van der Waals surface area contributed by atoms with Gasteiger partial charge in [0, 0.05) is 10.5 Å². The Morgan fingerprint density at radius 1 is 1.12 bits per heavy atom. The number of hydrogen-bond donors (Lipinski definition) is 1. The van der Waals surface area contributed by atoms with Gasteiger partial charge in [-0.1, -0.05) is 47.1 Å². The van der Waals surface area contributed by atoms with E-state index in [0.29, 0.717) is 6.42 Å². The maximum atomic E-state index is 12.5. The molecule has 0 aliphatic rings. The highest BCUT2D eigenvalue weighted by Gasteiger charge is 2.21. The van der Waals surface area contributed by atoms with E-state index < -0.39 is 9.84 Å². The first kappa shape index (κ1) is 18.7. The first-order valence-electron chi connectivity index (χ1n) is 7.70. The summed E-state index contributed by atoms with van der Waals surface area (Å²) in [5.41, 5.74) is 1.29. The molecule has 1 amide bonds. The van der Waals surface area contributed by atoms with Crippen LogP contribution in [0.15, 0.2) is 57.9 Å². The topological polar surface area (TPSA) is 63.2 Å². The lowest BCUT2D eigenvalue weighted by molar-refractivity contribution is 0.0937. The lowest BCUT2D eigenvalue weighted by atomic mass is 10.1. The minimum Gasteiger partial charge on any atom is -0.349 e. The third-order valence-corrected chi connectivity index (χ3v) is 5.99. The molecular weight excluding hydrogens is 390 g/mol. The quantitative estimate of drug-likeness (QED) is 0.792. The molecule has 0 heterocycles. The van der Waals surface area contributed by atoms with Crippen LogP contribution in [0, 0.1) is 0 Å². The molecule has 0 radical (unpaired) electrons. The molecule has 0 bridgehead atoms. The van der Waals surface area contributed by atoms with Crippen molar-refractivity contribution in [1.29, 1.82) is 0 Å². The highest BCUT2D eigenvalue weighted by atomic mass is 79.9. The Labute approximate surface area is 151 Å². The van der Waals surface area contributed by atoms with Crippen LogP contribution in [0.1, 0.15) is 29.8 Å². The predicted octanol–water partition coefficient (Wildman–Crippen LogP) is 3.60. The van der Waals surface area contributed by atoms with Crippen LogP contribution in [0.25, 0.3) is 0 Å². The largest absolute Gasteiger partial charge is 0.349 e. The van der Waals surface area contributed by atoms with Crippen LogP contribution in [0.4, 0.5) is 0 Å². The number of nitrogens with one attached hydrogen (secondary N) is 1. The highest BCUT2D eigenvalue weighted by Crippen LogP contribution is 2.17. The van der Waals surface area contributed by atoms with Crippen molar-refractivity contribution >= 4 is 31.7 Å². The summed E-state index contributed by atoms with van der Waals surface area (Å²) in [6.45, 7) is 3.47. The van der Waals surface area contributed by atoms with Crippen LogP contribution in [-0.4, -0.2) is 26.1 Å². The van der Waals surface area contributed by atoms with E-state index in [-0.39, 0.29) is 28.2 Å². The van der Waals surface area contributed by atoms with Gasteiger partial charge in [0.05, 0.1) is 16.2 Å². The molecule has 2 aromatic carbocycles. The smallest absolute Gasteiger partial charge is 0.252 e. The molecule has 4 nitrogen and oxygen atoms in total. The molecule has 128 valence electrons. The number of halogens is 1. The van der Waals surface area contributed by atoms with Gasteiger partial charge < -0.3 is 5.32 Å². The number of benzene rings is 2. The van der Waals surface area contributed by atoms with Gasteiger partial charge in [0.2, 0.25) is 0 Å². The first-order chi connectivity index (χ1) is 11.3. The molecule has 0 aromatic heterocycles. The van der Waals surface area contributed by atoms with E-state index in [1.807, 2.05) is 31.2 Å². The normalized spacial score (nSPS) is 12.6. The molecular formula is C18H20BrNO3S. The summed E-state index contributed by atoms with van der Waals surface area (Å²) in [4.78, 5) is 12.6. The van der Waals surface area contributed by atoms with E-state index in [1.165, 1.54) is 6.07 Å². The average Bonchev–Trinajstić information content (AvgIpc) is 2.57. The predicted molar refractivity (Wildman–Crippen MR) is 98.9 cm³/mol. The number of carbonyl (C=O) groups is 1. The van der Waals surface area contributed by atoms with E-state index in [0.717, 1.165) is 10.0 Å². The fourth-order valence-electron chi connectivity index (χ4n) is 2.41. The maximum Gasteiger partial charge on any atom is 0.252 e. The zero-order valence-corrected chi connectivity index (χ0v) is 16.0. The second kappa shape index (κ2) is 7.94. The van der Waals surface area contributed by atoms with Crippen LogP contribution in [0.5, 0.6) is 0 Å². The standard InChI is InChI=1S/C18H20BrNO3S/c1-3-24(22,23)17-7-5-4-6-16(17)18(21)20-13(2)12-14-8-10-15(19)11-9-14/h4-11,13H,3,12H2,1-2H3,(H,20,21). The fraction of sp³-hybridized carbons (Fsp3) is 0.278. The Kier molecular flexibility index (Phi) is 6.18. The molecule has 1 N–H and O–H groups in total. The molecule has 1 unspecified atom stereocenters. The fourth-order valence-corrected chi connectivity index (χ4v) is 3.76. The third-order valence-electron chi connectivity index (χ3n) is 3.68. The second-order valence-electron chi connectivity index (χ2n) is 5.60. The number of rotatable bonds is 6. The van der Waals surface area contributed by atoms with Crippen LogP contribution in [0.3, 0.4) is 0 Å². The molecule has 0 aliphatic carbocycles. The van der Waals surface area contributed by atoms with Gasteiger partial charge in [0.25, 0.3) is 5.91 Å². The molecule has 1 atom stereocenters. The van der Waals surface area contributed by atoms with E-state index in [1.54, 1.807) is 25.1 Å². The summed E-state index contributed by atoms with van der Waals surface area (Å²) in [5, 5.41) is 2.88. The summed E-state index contributed by atoms with van der Waals surface area (Å²) >= 11 is 3.39. The molecule has 0 spiro atoms. The summed E-state index contributed by atoms with van der Waals surface area (Å²) in [6.07, 6.45) is 0.668. The molecule has 6 heteroatoms. The Balaban J connectivity index is 2.14. The highest BCUT2D eigenvalue weighted by molar-refractivity contribution is 9.10. The number of hydrogen-bond acceptors (Lipinski definition) is 3. The molecule has 0 aliphatic heterocycles. The Hall–Kier alpha value is -1.66. The zero-order chi connectivity index (χ0) is 17.7. The lowest BCUT2D eigenvalue weighted by Crippen LogP contribution is -2.35. The van der Waals surface area contributed by atoms with Crippen molar-refractivity contribution in [2.75, 3.05) is 5.75 Å². The Morgan fingerprint density at radius 3 is 2.38 bits per heavy atom. The van der Waals surface area contributed by atoms with Gasteiger partial charge in [-0.15, -0.1) is 0 Å².